The van der Waals surface area contributed by atoms with Crippen molar-refractivity contribution < 1.29 is 9.66 Å². The first-order chi connectivity index (χ1) is 14.5. The molecule has 0 aliphatic rings. The van der Waals surface area contributed by atoms with Crippen LogP contribution in [0.2, 0.25) is 0 Å². The molecule has 150 valence electrons. The number of nitrogens with zero attached hydrogens (tertiary/aromatic N) is 4. The largest absolute Gasteiger partial charge is 0.431 e. The minimum atomic E-state index is -0.558. The minimum absolute atomic E-state index is 0.0491. The van der Waals surface area contributed by atoms with E-state index in [9.17, 15) is 10.1 Å². The lowest BCUT2D eigenvalue weighted by Crippen LogP contribution is -2.05. The molecule has 0 bridgehead atoms. The molecular weight excluding hydrogens is 450 g/mol. The van der Waals surface area contributed by atoms with Crippen LogP contribution < -0.4 is 10.1 Å². The highest BCUT2D eigenvalue weighted by Crippen LogP contribution is 2.38. The molecule has 0 saturated carbocycles. The van der Waals surface area contributed by atoms with Crippen LogP contribution in [0.1, 0.15) is 11.1 Å². The Labute approximate surface area is 180 Å². The predicted octanol–water partition coefficient (Wildman–Crippen LogP) is 5.85. The number of aryl methyl sites for hydroxylation is 1. The maximum Gasteiger partial charge on any atom is 0.373 e. The summed E-state index contributed by atoms with van der Waals surface area (Å²) in [5, 5.41) is 15.7. The average Bonchev–Trinajstić information content (AvgIpc) is 2.73. The van der Waals surface area contributed by atoms with Crippen molar-refractivity contribution in [1.29, 1.82) is 0 Å². The van der Waals surface area contributed by atoms with Gasteiger partial charge in [0.1, 0.15) is 11.8 Å². The van der Waals surface area contributed by atoms with Crippen LogP contribution in [0.15, 0.2) is 59.5 Å². The topological polar surface area (TPSA) is 103 Å². The number of rotatable bonds is 5. The summed E-state index contributed by atoms with van der Waals surface area (Å²) in [5.74, 6) is 0.235. The van der Waals surface area contributed by atoms with Gasteiger partial charge in [0.2, 0.25) is 5.82 Å². The van der Waals surface area contributed by atoms with Gasteiger partial charge in [0, 0.05) is 21.7 Å². The van der Waals surface area contributed by atoms with Crippen LogP contribution in [-0.2, 0) is 0 Å². The van der Waals surface area contributed by atoms with Crippen LogP contribution in [0.3, 0.4) is 0 Å². The summed E-state index contributed by atoms with van der Waals surface area (Å²) in [5.41, 5.74) is 2.95. The van der Waals surface area contributed by atoms with E-state index in [0.717, 1.165) is 26.7 Å². The van der Waals surface area contributed by atoms with Crippen molar-refractivity contribution in [2.24, 2.45) is 0 Å². The van der Waals surface area contributed by atoms with E-state index in [1.807, 2.05) is 38.1 Å². The Bertz CT molecular complexity index is 1280. The fourth-order valence-corrected chi connectivity index (χ4v) is 3.46. The second-order valence-corrected chi connectivity index (χ2v) is 7.41. The van der Waals surface area contributed by atoms with Crippen molar-refractivity contribution in [3.05, 3.63) is 80.7 Å². The van der Waals surface area contributed by atoms with E-state index < -0.39 is 4.92 Å². The number of nitro groups is 1. The van der Waals surface area contributed by atoms with Gasteiger partial charge in [-0.3, -0.25) is 15.1 Å². The molecule has 0 spiro atoms. The number of hydrogen-bond donors (Lipinski definition) is 1. The molecule has 0 unspecified atom stereocenters. The number of pyridine rings is 1. The molecule has 8 nitrogen and oxygen atoms in total. The Morgan fingerprint density at radius 3 is 2.70 bits per heavy atom. The zero-order valence-corrected chi connectivity index (χ0v) is 17.7. The van der Waals surface area contributed by atoms with Crippen molar-refractivity contribution in [2.45, 2.75) is 13.8 Å². The quantitative estimate of drug-likeness (QED) is 0.291. The summed E-state index contributed by atoms with van der Waals surface area (Å²) in [6.45, 7) is 3.90. The van der Waals surface area contributed by atoms with Gasteiger partial charge in [-0.15, -0.1) is 0 Å². The van der Waals surface area contributed by atoms with Gasteiger partial charge < -0.3 is 10.1 Å². The van der Waals surface area contributed by atoms with Crippen LogP contribution in [0.5, 0.6) is 11.6 Å². The SMILES string of the molecule is Cc1cccc(Nc2ncnc(Oc3ccc(Br)c4cccnc34)c2[N+](=O)[O-])c1C. The number of benzene rings is 2. The van der Waals surface area contributed by atoms with E-state index in [4.69, 9.17) is 4.74 Å². The number of aromatic nitrogens is 3. The van der Waals surface area contributed by atoms with Crippen LogP contribution in [0.25, 0.3) is 10.9 Å². The standard InChI is InChI=1S/C21H16BrN5O3/c1-12-5-3-7-16(13(12)2)26-20-19(27(28)29)21(25-11-24-20)30-17-9-8-15(22)14-6-4-10-23-18(14)17/h3-11H,1-2H3,(H,24,25,26). The molecule has 0 aliphatic heterocycles. The molecule has 0 fully saturated rings. The van der Waals surface area contributed by atoms with Crippen molar-refractivity contribution in [3.8, 4) is 11.6 Å². The van der Waals surface area contributed by atoms with Gasteiger partial charge in [-0.1, -0.05) is 34.1 Å². The molecule has 4 aromatic rings. The number of nitrogens with one attached hydrogen (secondary N) is 1. The molecule has 2 aromatic carbocycles. The zero-order chi connectivity index (χ0) is 21.3. The molecule has 0 amide bonds. The normalized spacial score (nSPS) is 10.8. The molecular formula is C21H16BrN5O3. The highest BCUT2D eigenvalue weighted by molar-refractivity contribution is 9.10. The maximum absolute atomic E-state index is 11.9. The van der Waals surface area contributed by atoms with Crippen LogP contribution >= 0.6 is 15.9 Å². The fourth-order valence-electron chi connectivity index (χ4n) is 3.01. The van der Waals surface area contributed by atoms with Gasteiger partial charge in [-0.2, -0.15) is 4.98 Å². The smallest absolute Gasteiger partial charge is 0.373 e. The van der Waals surface area contributed by atoms with E-state index in [1.165, 1.54) is 6.33 Å². The van der Waals surface area contributed by atoms with E-state index in [1.54, 1.807) is 24.4 Å². The Hall–Kier alpha value is -3.59. The van der Waals surface area contributed by atoms with Gasteiger partial charge >= 0.3 is 11.6 Å². The minimum Gasteiger partial charge on any atom is -0.431 e. The van der Waals surface area contributed by atoms with E-state index in [0.29, 0.717) is 11.3 Å². The van der Waals surface area contributed by atoms with Crippen molar-refractivity contribution >= 4 is 44.0 Å². The van der Waals surface area contributed by atoms with Gasteiger partial charge in [0.25, 0.3) is 0 Å². The fraction of sp³-hybridized carbons (Fsp3) is 0.0952. The lowest BCUT2D eigenvalue weighted by Gasteiger charge is -2.13. The summed E-state index contributed by atoms with van der Waals surface area (Å²) in [6, 6.07) is 12.8. The monoisotopic (exact) mass is 465 g/mol. The van der Waals surface area contributed by atoms with Gasteiger partial charge in [0.05, 0.1) is 4.92 Å². The number of halogens is 1. The Balaban J connectivity index is 1.79. The third kappa shape index (κ3) is 3.67. The molecule has 9 heteroatoms. The Morgan fingerprint density at radius 2 is 1.90 bits per heavy atom. The number of ether oxygens (including phenoxy) is 1. The molecule has 0 atom stereocenters. The maximum atomic E-state index is 11.9. The summed E-state index contributed by atoms with van der Waals surface area (Å²) >= 11 is 3.48. The molecule has 1 N–H and O–H groups in total. The summed E-state index contributed by atoms with van der Waals surface area (Å²) < 4.78 is 6.70. The highest BCUT2D eigenvalue weighted by atomic mass is 79.9. The van der Waals surface area contributed by atoms with Gasteiger partial charge in [-0.05, 0) is 49.2 Å². The second kappa shape index (κ2) is 8.03. The summed E-state index contributed by atoms with van der Waals surface area (Å²) in [4.78, 5) is 23.7. The van der Waals surface area contributed by atoms with Crippen molar-refractivity contribution in [1.82, 2.24) is 15.0 Å². The average molecular weight is 466 g/mol. The number of hydrogen-bond acceptors (Lipinski definition) is 7. The molecule has 0 aliphatic carbocycles. The molecule has 2 heterocycles. The highest BCUT2D eigenvalue weighted by Gasteiger charge is 2.26. The van der Waals surface area contributed by atoms with E-state index in [-0.39, 0.29) is 17.4 Å². The lowest BCUT2D eigenvalue weighted by molar-refractivity contribution is -0.385. The first-order valence-corrected chi connectivity index (χ1v) is 9.78. The number of anilines is 2. The number of fused-ring (bicyclic) bond motifs is 1. The first kappa shape index (κ1) is 19.7. The predicted molar refractivity (Wildman–Crippen MR) is 117 cm³/mol. The molecule has 4 rings (SSSR count). The second-order valence-electron chi connectivity index (χ2n) is 6.55. The lowest BCUT2D eigenvalue weighted by atomic mass is 10.1. The van der Waals surface area contributed by atoms with E-state index in [2.05, 4.69) is 36.2 Å². The summed E-state index contributed by atoms with van der Waals surface area (Å²) in [6.07, 6.45) is 2.85. The first-order valence-electron chi connectivity index (χ1n) is 8.99. The zero-order valence-electron chi connectivity index (χ0n) is 16.1. The molecule has 2 aromatic heterocycles. The molecule has 0 saturated heterocycles. The summed E-state index contributed by atoms with van der Waals surface area (Å²) in [7, 11) is 0. The van der Waals surface area contributed by atoms with Crippen LogP contribution in [0.4, 0.5) is 17.2 Å². The van der Waals surface area contributed by atoms with Crippen LogP contribution in [-0.4, -0.2) is 19.9 Å². The van der Waals surface area contributed by atoms with E-state index >= 15 is 0 Å². The molecule has 30 heavy (non-hydrogen) atoms. The Morgan fingerprint density at radius 1 is 1.07 bits per heavy atom. The molecule has 0 radical (unpaired) electrons. The van der Waals surface area contributed by atoms with Gasteiger partial charge in [0.15, 0.2) is 5.75 Å². The Kier molecular flexibility index (Phi) is 5.28. The van der Waals surface area contributed by atoms with Crippen LogP contribution in [0, 0.1) is 24.0 Å². The van der Waals surface area contributed by atoms with Crippen molar-refractivity contribution in [2.75, 3.05) is 5.32 Å². The van der Waals surface area contributed by atoms with Gasteiger partial charge in [-0.25, -0.2) is 4.98 Å². The third-order valence-corrected chi connectivity index (χ3v) is 5.41. The third-order valence-electron chi connectivity index (χ3n) is 4.72. The van der Waals surface area contributed by atoms with Crippen molar-refractivity contribution in [3.63, 3.8) is 0 Å².